The third-order valence-electron chi connectivity index (χ3n) is 4.73. The van der Waals surface area contributed by atoms with Gasteiger partial charge in [0.25, 0.3) is 5.91 Å². The van der Waals surface area contributed by atoms with E-state index in [1.165, 1.54) is 0 Å². The number of nitrogens with one attached hydrogen (secondary N) is 2. The summed E-state index contributed by atoms with van der Waals surface area (Å²) >= 11 is 0. The van der Waals surface area contributed by atoms with Crippen LogP contribution in [-0.2, 0) is 16.6 Å². The van der Waals surface area contributed by atoms with E-state index in [0.717, 1.165) is 21.9 Å². The van der Waals surface area contributed by atoms with Gasteiger partial charge in [-0.1, -0.05) is 6.92 Å². The van der Waals surface area contributed by atoms with Gasteiger partial charge in [-0.15, -0.1) is 0 Å². The Morgan fingerprint density at radius 3 is 2.46 bits per heavy atom. The largest absolute Gasteiger partial charge is 0.348 e. The molecule has 0 saturated carbocycles. The molecule has 1 aromatic rings. The van der Waals surface area contributed by atoms with Gasteiger partial charge in [0.2, 0.25) is 5.91 Å². The van der Waals surface area contributed by atoms with Crippen LogP contribution in [0.4, 0.5) is 4.79 Å². The van der Waals surface area contributed by atoms with Crippen molar-refractivity contribution in [1.29, 1.82) is 0 Å². The third kappa shape index (κ3) is 3.00. The quantitative estimate of drug-likeness (QED) is 0.783. The number of hydrogen-bond donors (Lipinski definition) is 2. The zero-order chi connectivity index (χ0) is 18.2. The highest BCUT2D eigenvalue weighted by Crippen LogP contribution is 2.22. The Balaban J connectivity index is 2.06. The summed E-state index contributed by atoms with van der Waals surface area (Å²) < 4.78 is 1.76. The van der Waals surface area contributed by atoms with Crippen molar-refractivity contribution in [2.45, 2.75) is 52.6 Å². The molecule has 0 bridgehead atoms. The second kappa shape index (κ2) is 6.26. The Kier molecular flexibility index (Phi) is 4.68. The van der Waals surface area contributed by atoms with Gasteiger partial charge in [0.1, 0.15) is 12.1 Å². The predicted octanol–water partition coefficient (Wildman–Crippen LogP) is 0.935. The minimum absolute atomic E-state index is 0.260. The summed E-state index contributed by atoms with van der Waals surface area (Å²) in [6.07, 6.45) is 0.472. The summed E-state index contributed by atoms with van der Waals surface area (Å²) in [4.78, 5) is 37.5. The van der Waals surface area contributed by atoms with E-state index >= 15 is 0 Å². The lowest BCUT2D eigenvalue weighted by molar-refractivity contribution is -0.134. The van der Waals surface area contributed by atoms with Crippen molar-refractivity contribution in [1.82, 2.24) is 25.3 Å². The molecule has 4 amide bonds. The molecule has 132 valence electrons. The Morgan fingerprint density at radius 2 is 2.00 bits per heavy atom. The van der Waals surface area contributed by atoms with Crippen molar-refractivity contribution < 1.29 is 14.4 Å². The van der Waals surface area contributed by atoms with Crippen molar-refractivity contribution >= 4 is 17.8 Å². The average Bonchev–Trinajstić information content (AvgIpc) is 2.87. The Hall–Kier alpha value is -2.38. The highest BCUT2D eigenvalue weighted by Gasteiger charge is 2.47. The smallest absolute Gasteiger partial charge is 0.325 e. The monoisotopic (exact) mass is 335 g/mol. The van der Waals surface area contributed by atoms with Crippen LogP contribution in [-0.4, -0.2) is 44.6 Å². The van der Waals surface area contributed by atoms with Crippen LogP contribution in [0.15, 0.2) is 0 Å². The summed E-state index contributed by atoms with van der Waals surface area (Å²) in [5, 5.41) is 9.81. The second-order valence-electron chi connectivity index (χ2n) is 6.50. The van der Waals surface area contributed by atoms with Crippen LogP contribution < -0.4 is 10.6 Å². The molecule has 1 aliphatic heterocycles. The minimum atomic E-state index is -0.931. The van der Waals surface area contributed by atoms with Gasteiger partial charge in [-0.2, -0.15) is 5.10 Å². The van der Waals surface area contributed by atoms with Gasteiger partial charge in [0.15, 0.2) is 0 Å². The predicted molar refractivity (Wildman–Crippen MR) is 88.2 cm³/mol. The van der Waals surface area contributed by atoms with Crippen molar-refractivity contribution in [2.24, 2.45) is 7.05 Å². The normalized spacial score (nSPS) is 21.8. The van der Waals surface area contributed by atoms with E-state index in [0.29, 0.717) is 6.42 Å². The number of imide groups is 1. The lowest BCUT2D eigenvalue weighted by Crippen LogP contribution is -2.45. The number of aromatic nitrogens is 2. The minimum Gasteiger partial charge on any atom is -0.348 e. The van der Waals surface area contributed by atoms with Crippen LogP contribution in [0.3, 0.4) is 0 Å². The molecule has 0 aromatic carbocycles. The molecule has 24 heavy (non-hydrogen) atoms. The third-order valence-corrected chi connectivity index (χ3v) is 4.73. The van der Waals surface area contributed by atoms with Crippen LogP contribution in [0, 0.1) is 13.8 Å². The maximum atomic E-state index is 12.3. The number of hydrogen-bond acceptors (Lipinski definition) is 4. The Labute approximate surface area is 141 Å². The van der Waals surface area contributed by atoms with Gasteiger partial charge in [-0.25, -0.2) is 4.79 Å². The maximum Gasteiger partial charge on any atom is 0.325 e. The van der Waals surface area contributed by atoms with Gasteiger partial charge in [-0.05, 0) is 34.1 Å². The second-order valence-corrected chi connectivity index (χ2v) is 6.50. The lowest BCUT2D eigenvalue weighted by Gasteiger charge is -2.20. The van der Waals surface area contributed by atoms with Gasteiger partial charge in [0.05, 0.1) is 11.7 Å². The standard InChI is InChI=1S/C16H25N5O3/c1-7-16(5)14(23)21(15(24)18-16)8-12(22)17-9(2)13-10(3)19-20(6)11(13)4/h9H,7-8H2,1-6H3,(H,17,22)(H,18,24)/t9-,16-/m0/s1. The molecule has 8 heteroatoms. The molecule has 0 radical (unpaired) electrons. The van der Waals surface area contributed by atoms with E-state index in [9.17, 15) is 14.4 Å². The summed E-state index contributed by atoms with van der Waals surface area (Å²) in [6.45, 7) is 8.87. The fraction of sp³-hybridized carbons (Fsp3) is 0.625. The highest BCUT2D eigenvalue weighted by atomic mass is 16.2. The summed E-state index contributed by atoms with van der Waals surface area (Å²) in [5.41, 5.74) is 1.83. The molecule has 0 spiro atoms. The molecule has 1 aliphatic rings. The molecule has 2 heterocycles. The molecule has 2 N–H and O–H groups in total. The molecular weight excluding hydrogens is 310 g/mol. The van der Waals surface area contributed by atoms with Crippen molar-refractivity contribution in [2.75, 3.05) is 6.54 Å². The Morgan fingerprint density at radius 1 is 1.38 bits per heavy atom. The summed E-state index contributed by atoms with van der Waals surface area (Å²) in [7, 11) is 1.85. The number of carbonyl (C=O) groups excluding carboxylic acids is 3. The molecule has 8 nitrogen and oxygen atoms in total. The average molecular weight is 335 g/mol. The van der Waals surface area contributed by atoms with Crippen LogP contribution in [0.5, 0.6) is 0 Å². The van der Waals surface area contributed by atoms with Crippen LogP contribution >= 0.6 is 0 Å². The van der Waals surface area contributed by atoms with Gasteiger partial charge in [-0.3, -0.25) is 19.2 Å². The van der Waals surface area contributed by atoms with Crippen LogP contribution in [0.2, 0.25) is 0 Å². The molecule has 0 unspecified atom stereocenters. The lowest BCUT2D eigenvalue weighted by atomic mass is 9.99. The van der Waals surface area contributed by atoms with Gasteiger partial charge in [0, 0.05) is 18.3 Å². The number of urea groups is 1. The molecular formula is C16H25N5O3. The Bertz CT molecular complexity index is 696. The maximum absolute atomic E-state index is 12.3. The summed E-state index contributed by atoms with van der Waals surface area (Å²) in [6, 6.07) is -0.787. The van der Waals surface area contributed by atoms with E-state index < -0.39 is 11.6 Å². The number of carbonyl (C=O) groups is 3. The van der Waals surface area contributed by atoms with E-state index in [2.05, 4.69) is 15.7 Å². The molecule has 2 atom stereocenters. The number of amides is 4. The molecule has 2 rings (SSSR count). The summed E-state index contributed by atoms with van der Waals surface area (Å²) in [5.74, 6) is -0.749. The fourth-order valence-electron chi connectivity index (χ4n) is 3.05. The van der Waals surface area contributed by atoms with Gasteiger partial charge < -0.3 is 10.6 Å². The first-order valence-corrected chi connectivity index (χ1v) is 8.04. The zero-order valence-corrected chi connectivity index (χ0v) is 15.1. The van der Waals surface area contributed by atoms with Crippen molar-refractivity contribution in [3.05, 3.63) is 17.0 Å². The van der Waals surface area contributed by atoms with E-state index in [4.69, 9.17) is 0 Å². The van der Waals surface area contributed by atoms with Gasteiger partial charge >= 0.3 is 6.03 Å². The SMILES string of the molecule is CC[C@]1(C)NC(=O)N(CC(=O)N[C@@H](C)c2c(C)nn(C)c2C)C1=O. The van der Waals surface area contributed by atoms with E-state index in [-0.39, 0.29) is 24.4 Å². The molecule has 0 aliphatic carbocycles. The molecule has 1 aromatic heterocycles. The van der Waals surface area contributed by atoms with E-state index in [1.54, 1.807) is 11.6 Å². The number of aryl methyl sites for hydroxylation is 2. The zero-order valence-electron chi connectivity index (χ0n) is 15.1. The first kappa shape index (κ1) is 18.0. The van der Waals surface area contributed by atoms with Crippen molar-refractivity contribution in [3.63, 3.8) is 0 Å². The van der Waals surface area contributed by atoms with E-state index in [1.807, 2.05) is 34.7 Å². The number of nitrogens with zero attached hydrogens (tertiary/aromatic N) is 3. The highest BCUT2D eigenvalue weighted by molar-refractivity contribution is 6.08. The van der Waals surface area contributed by atoms with Crippen LogP contribution in [0.25, 0.3) is 0 Å². The number of rotatable bonds is 5. The first-order chi connectivity index (χ1) is 11.1. The topological polar surface area (TPSA) is 96.3 Å². The molecule has 1 fully saturated rings. The van der Waals surface area contributed by atoms with Crippen LogP contribution in [0.1, 0.15) is 50.2 Å². The van der Waals surface area contributed by atoms with Crippen molar-refractivity contribution in [3.8, 4) is 0 Å². The fourth-order valence-corrected chi connectivity index (χ4v) is 3.05. The molecule has 1 saturated heterocycles. The first-order valence-electron chi connectivity index (χ1n) is 8.04.